The molecule has 0 aliphatic rings. The Balaban J connectivity index is 3.05. The molecule has 0 unspecified atom stereocenters. The maximum absolute atomic E-state index is 12.4. The summed E-state index contributed by atoms with van der Waals surface area (Å²) in [5.74, 6) is 0. The highest BCUT2D eigenvalue weighted by molar-refractivity contribution is 9.10. The van der Waals surface area contributed by atoms with Crippen molar-refractivity contribution in [3.8, 4) is 0 Å². The molecule has 0 fully saturated rings. The highest BCUT2D eigenvalue weighted by Crippen LogP contribution is 2.33. The molecule has 3 N–H and O–H groups in total. The summed E-state index contributed by atoms with van der Waals surface area (Å²) in [6, 6.07) is 0. The maximum atomic E-state index is 12.4. The van der Waals surface area contributed by atoms with Crippen LogP contribution in [0, 0.1) is 0 Å². The van der Waals surface area contributed by atoms with Crippen molar-refractivity contribution in [1.29, 1.82) is 0 Å². The number of alkyl halides is 3. The minimum absolute atomic E-state index is 0.122. The third-order valence-corrected chi connectivity index (χ3v) is 2.54. The van der Waals surface area contributed by atoms with E-state index in [1.54, 1.807) is 0 Å². The van der Waals surface area contributed by atoms with Crippen molar-refractivity contribution in [3.05, 3.63) is 16.9 Å². The predicted molar refractivity (Wildman–Crippen MR) is 61.7 cm³/mol. The Morgan fingerprint density at radius 1 is 1.41 bits per heavy atom. The molecule has 0 spiro atoms. The van der Waals surface area contributed by atoms with Gasteiger partial charge < -0.3 is 15.7 Å². The first kappa shape index (κ1) is 14.0. The van der Waals surface area contributed by atoms with Gasteiger partial charge in [0.25, 0.3) is 0 Å². The van der Waals surface area contributed by atoms with Crippen LogP contribution in [0.2, 0.25) is 0 Å². The first-order valence-electron chi connectivity index (χ1n) is 4.66. The average molecular weight is 314 g/mol. The van der Waals surface area contributed by atoms with E-state index < -0.39 is 19.3 Å². The molecule has 0 amide bonds. The number of nitrogens with two attached hydrogens (primary N) is 1. The van der Waals surface area contributed by atoms with Crippen molar-refractivity contribution in [1.82, 2.24) is 4.98 Å². The number of pyridine rings is 1. The van der Waals surface area contributed by atoms with Crippen LogP contribution in [0.4, 0.5) is 24.5 Å². The van der Waals surface area contributed by atoms with Crippen LogP contribution >= 0.6 is 15.9 Å². The minimum atomic E-state index is -4.37. The summed E-state index contributed by atoms with van der Waals surface area (Å²) in [4.78, 5) is 4.70. The van der Waals surface area contributed by atoms with Crippen LogP contribution in [0.3, 0.4) is 0 Å². The van der Waals surface area contributed by atoms with Crippen LogP contribution in [-0.4, -0.2) is 36.0 Å². The summed E-state index contributed by atoms with van der Waals surface area (Å²) in [6.07, 6.45) is -1.75. The second-order valence-electron chi connectivity index (χ2n) is 3.32. The van der Waals surface area contributed by atoms with Crippen LogP contribution in [-0.2, 0) is 0 Å². The molecule has 96 valence electrons. The van der Waals surface area contributed by atoms with Crippen molar-refractivity contribution in [2.45, 2.75) is 6.18 Å². The van der Waals surface area contributed by atoms with E-state index in [1.807, 2.05) is 0 Å². The quantitative estimate of drug-likeness (QED) is 0.889. The van der Waals surface area contributed by atoms with E-state index in [1.165, 1.54) is 12.4 Å². The SMILES string of the molecule is Nc1cncc(Br)c1N(CCO)CC(F)(F)F. The van der Waals surface area contributed by atoms with E-state index in [-0.39, 0.29) is 17.9 Å². The standard InChI is InChI=1S/C9H11BrF3N3O/c10-6-3-15-4-7(14)8(6)16(1-2-17)5-9(11,12)13/h3-4,17H,1-2,5,14H2. The van der Waals surface area contributed by atoms with Gasteiger partial charge in [0.05, 0.1) is 28.7 Å². The van der Waals surface area contributed by atoms with Crippen molar-refractivity contribution in [2.75, 3.05) is 30.3 Å². The number of aromatic nitrogens is 1. The zero-order valence-electron chi connectivity index (χ0n) is 8.71. The molecule has 0 saturated heterocycles. The zero-order chi connectivity index (χ0) is 13.1. The Morgan fingerprint density at radius 2 is 2.06 bits per heavy atom. The monoisotopic (exact) mass is 313 g/mol. The number of halogens is 4. The number of aliphatic hydroxyl groups is 1. The van der Waals surface area contributed by atoms with Crippen molar-refractivity contribution < 1.29 is 18.3 Å². The first-order valence-corrected chi connectivity index (χ1v) is 5.46. The molecule has 0 atom stereocenters. The largest absolute Gasteiger partial charge is 0.405 e. The lowest BCUT2D eigenvalue weighted by Gasteiger charge is -2.27. The van der Waals surface area contributed by atoms with E-state index in [4.69, 9.17) is 10.8 Å². The Labute approximate surface area is 104 Å². The molecule has 17 heavy (non-hydrogen) atoms. The van der Waals surface area contributed by atoms with E-state index in [9.17, 15) is 13.2 Å². The van der Waals surface area contributed by atoms with Gasteiger partial charge in [-0.2, -0.15) is 13.2 Å². The highest BCUT2D eigenvalue weighted by atomic mass is 79.9. The zero-order valence-corrected chi connectivity index (χ0v) is 10.3. The summed E-state index contributed by atoms with van der Waals surface area (Å²) < 4.78 is 37.5. The number of nitrogens with zero attached hydrogens (tertiary/aromatic N) is 2. The fourth-order valence-electron chi connectivity index (χ4n) is 1.38. The first-order chi connectivity index (χ1) is 7.85. The lowest BCUT2D eigenvalue weighted by Crippen LogP contribution is -2.37. The Kier molecular flexibility index (Phi) is 4.58. The van der Waals surface area contributed by atoms with E-state index in [0.29, 0.717) is 4.47 Å². The minimum Gasteiger partial charge on any atom is -0.396 e. The summed E-state index contributed by atoms with van der Waals surface area (Å²) in [7, 11) is 0. The summed E-state index contributed by atoms with van der Waals surface area (Å²) in [5.41, 5.74) is 5.90. The molecule has 0 aliphatic carbocycles. The van der Waals surface area contributed by atoms with E-state index >= 15 is 0 Å². The van der Waals surface area contributed by atoms with Gasteiger partial charge in [-0.15, -0.1) is 0 Å². The van der Waals surface area contributed by atoms with E-state index in [0.717, 1.165) is 4.90 Å². The summed E-state index contributed by atoms with van der Waals surface area (Å²) >= 11 is 3.09. The molecule has 0 radical (unpaired) electrons. The topological polar surface area (TPSA) is 62.4 Å². The molecule has 1 aromatic heterocycles. The lowest BCUT2D eigenvalue weighted by atomic mass is 10.3. The molecular weight excluding hydrogens is 303 g/mol. The third-order valence-electron chi connectivity index (χ3n) is 1.96. The second-order valence-corrected chi connectivity index (χ2v) is 4.17. The average Bonchev–Trinajstić information content (AvgIpc) is 2.15. The van der Waals surface area contributed by atoms with Gasteiger partial charge in [-0.3, -0.25) is 4.98 Å². The Morgan fingerprint density at radius 3 is 2.53 bits per heavy atom. The summed E-state index contributed by atoms with van der Waals surface area (Å²) in [6.45, 7) is -1.74. The van der Waals surface area contributed by atoms with Gasteiger partial charge in [0.1, 0.15) is 6.54 Å². The normalized spacial score (nSPS) is 11.6. The van der Waals surface area contributed by atoms with Crippen LogP contribution < -0.4 is 10.6 Å². The Hall–Kier alpha value is -1.02. The molecule has 4 nitrogen and oxygen atoms in total. The van der Waals surface area contributed by atoms with Crippen LogP contribution in [0.5, 0.6) is 0 Å². The molecule has 1 heterocycles. The van der Waals surface area contributed by atoms with Gasteiger partial charge in [-0.1, -0.05) is 0 Å². The lowest BCUT2D eigenvalue weighted by molar-refractivity contribution is -0.119. The van der Waals surface area contributed by atoms with Crippen LogP contribution in [0.25, 0.3) is 0 Å². The number of hydrogen-bond donors (Lipinski definition) is 2. The van der Waals surface area contributed by atoms with Crippen molar-refractivity contribution >= 4 is 27.3 Å². The van der Waals surface area contributed by atoms with Gasteiger partial charge in [0.15, 0.2) is 0 Å². The fourth-order valence-corrected chi connectivity index (χ4v) is 1.98. The molecular formula is C9H11BrF3N3O. The van der Waals surface area contributed by atoms with E-state index in [2.05, 4.69) is 20.9 Å². The van der Waals surface area contributed by atoms with Gasteiger partial charge in [-0.05, 0) is 15.9 Å². The highest BCUT2D eigenvalue weighted by Gasteiger charge is 2.32. The molecule has 0 aliphatic heterocycles. The molecule has 1 aromatic rings. The number of nitrogen functional groups attached to an aromatic ring is 1. The molecule has 1 rings (SSSR count). The Bertz CT molecular complexity index is 366. The number of hydrogen-bond acceptors (Lipinski definition) is 4. The van der Waals surface area contributed by atoms with Crippen LogP contribution in [0.15, 0.2) is 16.9 Å². The molecule has 8 heteroatoms. The molecule has 0 saturated carbocycles. The van der Waals surface area contributed by atoms with Crippen molar-refractivity contribution in [2.24, 2.45) is 0 Å². The second kappa shape index (κ2) is 5.54. The number of anilines is 2. The fraction of sp³-hybridized carbons (Fsp3) is 0.444. The molecule has 0 bridgehead atoms. The summed E-state index contributed by atoms with van der Waals surface area (Å²) in [5, 5.41) is 8.80. The smallest absolute Gasteiger partial charge is 0.396 e. The van der Waals surface area contributed by atoms with Gasteiger partial charge in [0.2, 0.25) is 0 Å². The van der Waals surface area contributed by atoms with Gasteiger partial charge in [-0.25, -0.2) is 0 Å². The maximum Gasteiger partial charge on any atom is 0.405 e. The number of aliphatic hydroxyl groups excluding tert-OH is 1. The third kappa shape index (κ3) is 4.04. The predicted octanol–water partition coefficient (Wildman–Crippen LogP) is 1.79. The van der Waals surface area contributed by atoms with Crippen molar-refractivity contribution in [3.63, 3.8) is 0 Å². The molecule has 0 aromatic carbocycles. The number of rotatable bonds is 4. The van der Waals surface area contributed by atoms with Gasteiger partial charge in [0, 0.05) is 12.7 Å². The van der Waals surface area contributed by atoms with Gasteiger partial charge >= 0.3 is 6.18 Å². The van der Waals surface area contributed by atoms with Crippen LogP contribution in [0.1, 0.15) is 0 Å².